The van der Waals surface area contributed by atoms with Gasteiger partial charge in [0.15, 0.2) is 16.8 Å². The van der Waals surface area contributed by atoms with Crippen LogP contribution in [0.1, 0.15) is 27.2 Å². The predicted molar refractivity (Wildman–Crippen MR) is 65.8 cm³/mol. The molecule has 17 heavy (non-hydrogen) atoms. The Kier molecular flexibility index (Phi) is 2.92. The fourth-order valence-electron chi connectivity index (χ4n) is 1.45. The van der Waals surface area contributed by atoms with Crippen molar-refractivity contribution in [2.24, 2.45) is 5.41 Å². The Morgan fingerprint density at radius 3 is 2.65 bits per heavy atom. The van der Waals surface area contributed by atoms with Crippen LogP contribution in [0.5, 0.6) is 5.75 Å². The number of nitrogen functional groups attached to an aromatic ring is 1. The van der Waals surface area contributed by atoms with Gasteiger partial charge in [-0.05, 0) is 34.3 Å². The van der Waals surface area contributed by atoms with Crippen LogP contribution in [-0.2, 0) is 0 Å². The van der Waals surface area contributed by atoms with Crippen molar-refractivity contribution >= 4 is 16.7 Å². The highest BCUT2D eigenvalue weighted by Gasteiger charge is 2.13. The number of aromatic nitrogens is 2. The Morgan fingerprint density at radius 1 is 1.24 bits per heavy atom. The second kappa shape index (κ2) is 4.24. The van der Waals surface area contributed by atoms with E-state index in [-0.39, 0.29) is 5.41 Å². The smallest absolute Gasteiger partial charge is 0.179 e. The maximum atomic E-state index is 5.75. The molecule has 1 aromatic carbocycles. The van der Waals surface area contributed by atoms with Gasteiger partial charge in [0.1, 0.15) is 0 Å². The minimum atomic E-state index is 0.245. The van der Waals surface area contributed by atoms with Gasteiger partial charge in [-0.1, -0.05) is 20.8 Å². The van der Waals surface area contributed by atoms with Gasteiger partial charge in [-0.3, -0.25) is 0 Å². The molecule has 1 heterocycles. The minimum Gasteiger partial charge on any atom is -0.491 e. The molecule has 0 aliphatic heterocycles. The zero-order valence-corrected chi connectivity index (χ0v) is 10.4. The van der Waals surface area contributed by atoms with Crippen LogP contribution in [0.2, 0.25) is 0 Å². The molecule has 0 bridgehead atoms. The summed E-state index contributed by atoms with van der Waals surface area (Å²) >= 11 is 0. The zero-order valence-electron chi connectivity index (χ0n) is 10.4. The number of nitrogens with two attached hydrogens (primary N) is 1. The molecule has 2 aromatic rings. The van der Waals surface area contributed by atoms with E-state index in [2.05, 4.69) is 35.7 Å². The fourth-order valence-corrected chi connectivity index (χ4v) is 1.45. The summed E-state index contributed by atoms with van der Waals surface area (Å²) < 4.78 is 10.4. The maximum Gasteiger partial charge on any atom is 0.179 e. The molecule has 5 nitrogen and oxygen atoms in total. The molecular formula is C12H17N3O2. The second-order valence-corrected chi connectivity index (χ2v) is 5.27. The van der Waals surface area contributed by atoms with Crippen molar-refractivity contribution < 1.29 is 9.37 Å². The van der Waals surface area contributed by atoms with Crippen LogP contribution < -0.4 is 10.5 Å². The van der Waals surface area contributed by atoms with E-state index in [1.165, 1.54) is 0 Å². The van der Waals surface area contributed by atoms with Crippen LogP contribution >= 0.6 is 0 Å². The van der Waals surface area contributed by atoms with Gasteiger partial charge in [0.05, 0.1) is 12.3 Å². The second-order valence-electron chi connectivity index (χ2n) is 5.27. The lowest BCUT2D eigenvalue weighted by molar-refractivity contribution is 0.243. The van der Waals surface area contributed by atoms with Gasteiger partial charge in [0.25, 0.3) is 0 Å². The van der Waals surface area contributed by atoms with E-state index >= 15 is 0 Å². The first-order valence-electron chi connectivity index (χ1n) is 5.61. The molecule has 2 rings (SSSR count). The molecule has 0 unspecified atom stereocenters. The van der Waals surface area contributed by atoms with E-state index < -0.39 is 0 Å². The lowest BCUT2D eigenvalue weighted by Crippen LogP contribution is -2.11. The summed E-state index contributed by atoms with van der Waals surface area (Å²) in [4.78, 5) is 0. The number of ether oxygens (including phenoxy) is 1. The van der Waals surface area contributed by atoms with E-state index in [9.17, 15) is 0 Å². The minimum absolute atomic E-state index is 0.245. The third-order valence-corrected chi connectivity index (χ3v) is 2.52. The van der Waals surface area contributed by atoms with Crippen molar-refractivity contribution in [3.63, 3.8) is 0 Å². The van der Waals surface area contributed by atoms with Crippen LogP contribution in [0, 0.1) is 5.41 Å². The Bertz CT molecular complexity index is 514. The van der Waals surface area contributed by atoms with Crippen molar-refractivity contribution in [3.8, 4) is 5.75 Å². The van der Waals surface area contributed by atoms with Crippen LogP contribution in [0.3, 0.4) is 0 Å². The Balaban J connectivity index is 2.14. The summed E-state index contributed by atoms with van der Waals surface area (Å²) in [6, 6.07) is 3.55. The van der Waals surface area contributed by atoms with Gasteiger partial charge in [-0.2, -0.15) is 0 Å². The molecule has 0 fully saturated rings. The molecule has 92 valence electrons. The van der Waals surface area contributed by atoms with Crippen molar-refractivity contribution in [3.05, 3.63) is 12.1 Å². The molecule has 0 saturated heterocycles. The molecule has 0 spiro atoms. The van der Waals surface area contributed by atoms with E-state index in [1.807, 2.05) is 0 Å². The molecule has 2 N–H and O–H groups in total. The number of anilines is 1. The molecule has 5 heteroatoms. The molecule has 1 aromatic heterocycles. The zero-order chi connectivity index (χ0) is 12.5. The van der Waals surface area contributed by atoms with E-state index in [0.29, 0.717) is 29.1 Å². The van der Waals surface area contributed by atoms with Crippen LogP contribution in [0.15, 0.2) is 16.8 Å². The number of hydrogen-bond donors (Lipinski definition) is 1. The predicted octanol–water partition coefficient (Wildman–Crippen LogP) is 2.62. The lowest BCUT2D eigenvalue weighted by Gasteiger charge is -2.18. The van der Waals surface area contributed by atoms with E-state index in [1.54, 1.807) is 12.1 Å². The van der Waals surface area contributed by atoms with Gasteiger partial charge < -0.3 is 10.5 Å². The number of fused-ring (bicyclic) bond motifs is 1. The number of hydrogen-bond acceptors (Lipinski definition) is 5. The maximum absolute atomic E-state index is 5.75. The van der Waals surface area contributed by atoms with Crippen molar-refractivity contribution in [2.45, 2.75) is 27.2 Å². The summed E-state index contributed by atoms with van der Waals surface area (Å²) in [6.07, 6.45) is 0.962. The number of rotatable bonds is 3. The van der Waals surface area contributed by atoms with Gasteiger partial charge in [0.2, 0.25) is 0 Å². The Hall–Kier alpha value is -1.78. The highest BCUT2D eigenvalue weighted by atomic mass is 16.6. The summed E-state index contributed by atoms with van der Waals surface area (Å²) in [5.74, 6) is 0.666. The average Bonchev–Trinajstić information content (AvgIpc) is 2.69. The van der Waals surface area contributed by atoms with Gasteiger partial charge in [-0.15, -0.1) is 0 Å². The summed E-state index contributed by atoms with van der Waals surface area (Å²) in [5.41, 5.74) is 7.68. The van der Waals surface area contributed by atoms with Crippen molar-refractivity contribution in [1.29, 1.82) is 0 Å². The molecule has 0 saturated carbocycles. The van der Waals surface area contributed by atoms with E-state index in [4.69, 9.17) is 10.5 Å². The number of nitrogens with zero attached hydrogens (tertiary/aromatic N) is 2. The number of benzene rings is 1. The third-order valence-electron chi connectivity index (χ3n) is 2.52. The largest absolute Gasteiger partial charge is 0.491 e. The summed E-state index contributed by atoms with van der Waals surface area (Å²) in [7, 11) is 0. The van der Waals surface area contributed by atoms with Crippen LogP contribution in [-0.4, -0.2) is 16.9 Å². The molecule has 0 amide bonds. The summed E-state index contributed by atoms with van der Waals surface area (Å²) in [5, 5.41) is 7.55. The molecule has 0 atom stereocenters. The van der Waals surface area contributed by atoms with Crippen LogP contribution in [0.25, 0.3) is 11.0 Å². The first-order valence-corrected chi connectivity index (χ1v) is 5.61. The lowest BCUT2D eigenvalue weighted by atomic mass is 9.93. The quantitative estimate of drug-likeness (QED) is 0.828. The topological polar surface area (TPSA) is 74.2 Å². The van der Waals surface area contributed by atoms with Crippen molar-refractivity contribution in [1.82, 2.24) is 10.3 Å². The van der Waals surface area contributed by atoms with Gasteiger partial charge in [0, 0.05) is 0 Å². The standard InChI is InChI=1S/C12H17N3O2/c1-12(2,3)6-7-16-9-5-4-8(13)10-11(9)15-17-14-10/h4-5H,6-7,13H2,1-3H3. The van der Waals surface area contributed by atoms with Crippen LogP contribution in [0.4, 0.5) is 5.69 Å². The first-order chi connectivity index (χ1) is 7.97. The SMILES string of the molecule is CC(C)(C)CCOc1ccc(N)c2nonc12. The molecule has 0 aliphatic rings. The fraction of sp³-hybridized carbons (Fsp3) is 0.500. The van der Waals surface area contributed by atoms with E-state index in [0.717, 1.165) is 6.42 Å². The monoisotopic (exact) mass is 235 g/mol. The molecular weight excluding hydrogens is 218 g/mol. The summed E-state index contributed by atoms with van der Waals surface area (Å²) in [6.45, 7) is 7.15. The highest BCUT2D eigenvalue weighted by molar-refractivity contribution is 5.90. The first kappa shape index (κ1) is 11.7. The average molecular weight is 235 g/mol. The van der Waals surface area contributed by atoms with Crippen molar-refractivity contribution in [2.75, 3.05) is 12.3 Å². The highest BCUT2D eigenvalue weighted by Crippen LogP contribution is 2.28. The third kappa shape index (κ3) is 2.67. The Morgan fingerprint density at radius 2 is 1.94 bits per heavy atom. The molecule has 0 aliphatic carbocycles. The van der Waals surface area contributed by atoms with Gasteiger partial charge >= 0.3 is 0 Å². The Labute approximate surface area is 99.9 Å². The van der Waals surface area contributed by atoms with Gasteiger partial charge in [-0.25, -0.2) is 4.63 Å². The molecule has 0 radical (unpaired) electrons. The normalized spacial score (nSPS) is 11.9.